The van der Waals surface area contributed by atoms with Gasteiger partial charge < -0.3 is 24.3 Å². The van der Waals surface area contributed by atoms with E-state index in [-0.39, 0.29) is 5.91 Å². The molecule has 3 rings (SSSR count). The van der Waals surface area contributed by atoms with Crippen LogP contribution in [0.1, 0.15) is 55.0 Å². The van der Waals surface area contributed by atoms with Gasteiger partial charge in [0.05, 0.1) is 34.5 Å². The minimum Gasteiger partial charge on any atom is -0.493 e. The lowest BCUT2D eigenvalue weighted by Crippen LogP contribution is -2.39. The first-order valence-corrected chi connectivity index (χ1v) is 14.5. The Hall–Kier alpha value is -4.85. The minimum absolute atomic E-state index is 0.358. The second-order valence-electron chi connectivity index (χ2n) is 10.2. The van der Waals surface area contributed by atoms with E-state index in [0.717, 1.165) is 24.8 Å². The monoisotopic (exact) mass is 599 g/mol. The molecule has 1 unspecified atom stereocenters. The van der Waals surface area contributed by atoms with Gasteiger partial charge in [-0.3, -0.25) is 14.4 Å². The van der Waals surface area contributed by atoms with Crippen LogP contribution in [-0.2, 0) is 20.8 Å². The van der Waals surface area contributed by atoms with Crippen molar-refractivity contribution in [2.75, 3.05) is 28.4 Å². The quantitative estimate of drug-likeness (QED) is 0.150. The number of ketones is 2. The van der Waals surface area contributed by atoms with Crippen LogP contribution in [0, 0.1) is 5.92 Å². The van der Waals surface area contributed by atoms with Gasteiger partial charge in [-0.05, 0) is 71.5 Å². The highest BCUT2D eigenvalue weighted by atomic mass is 16.5. The van der Waals surface area contributed by atoms with Crippen LogP contribution >= 0.6 is 0 Å². The van der Waals surface area contributed by atoms with Crippen molar-refractivity contribution in [3.05, 3.63) is 95.1 Å². The molecule has 3 aromatic carbocycles. The number of rotatable bonds is 16. The first-order valence-electron chi connectivity index (χ1n) is 14.5. The Kier molecular flexibility index (Phi) is 12.8. The van der Waals surface area contributed by atoms with Crippen molar-refractivity contribution in [1.29, 1.82) is 0 Å². The van der Waals surface area contributed by atoms with Gasteiger partial charge in [-0.15, -0.1) is 0 Å². The van der Waals surface area contributed by atoms with Crippen LogP contribution in [0.3, 0.4) is 0 Å². The molecule has 44 heavy (non-hydrogen) atoms. The highest BCUT2D eigenvalue weighted by Gasteiger charge is 2.34. The van der Waals surface area contributed by atoms with Crippen molar-refractivity contribution in [3.8, 4) is 23.0 Å². The average molecular weight is 600 g/mol. The summed E-state index contributed by atoms with van der Waals surface area (Å²) in [5, 5.41) is 2.86. The number of unbranched alkanes of at least 4 members (excludes halogenated alkanes) is 1. The number of amides is 1. The number of nitrogens with one attached hydrogen (secondary N) is 1. The van der Waals surface area contributed by atoms with Gasteiger partial charge in [-0.1, -0.05) is 61.9 Å². The van der Waals surface area contributed by atoms with Crippen LogP contribution in [0.4, 0.5) is 0 Å². The van der Waals surface area contributed by atoms with E-state index in [1.807, 2.05) is 24.3 Å². The number of hydrogen-bond acceptors (Lipinski definition) is 7. The molecule has 0 aromatic heterocycles. The maximum atomic E-state index is 13.9. The van der Waals surface area contributed by atoms with E-state index in [4.69, 9.17) is 18.9 Å². The zero-order chi connectivity index (χ0) is 32.1. The minimum atomic E-state index is -1.23. The second kappa shape index (κ2) is 16.7. The smallest absolute Gasteiger partial charge is 0.217 e. The SMILES string of the molecule is CCCCc1ccc(C(NC(C)=O)C(C(=O)/C=C/c2ccc(OC)c(OC)c2)C(=O)/C=C/c2ccc(OC)c(OC)c2)cc1. The third-order valence-electron chi connectivity index (χ3n) is 7.16. The summed E-state index contributed by atoms with van der Waals surface area (Å²) in [4.78, 5) is 40.1. The Labute approximate surface area is 259 Å². The second-order valence-corrected chi connectivity index (χ2v) is 10.2. The molecule has 0 heterocycles. The van der Waals surface area contributed by atoms with Crippen molar-refractivity contribution in [3.63, 3.8) is 0 Å². The molecule has 0 aliphatic rings. The average Bonchev–Trinajstić information content (AvgIpc) is 3.04. The van der Waals surface area contributed by atoms with Crippen molar-refractivity contribution in [2.24, 2.45) is 5.92 Å². The number of methoxy groups -OCH3 is 4. The third kappa shape index (κ3) is 9.07. The summed E-state index contributed by atoms with van der Waals surface area (Å²) in [5.74, 6) is -0.392. The maximum Gasteiger partial charge on any atom is 0.217 e. The van der Waals surface area contributed by atoms with Crippen molar-refractivity contribution < 1.29 is 33.3 Å². The summed E-state index contributed by atoms with van der Waals surface area (Å²) in [7, 11) is 6.14. The van der Waals surface area contributed by atoms with Gasteiger partial charge in [0.2, 0.25) is 5.91 Å². The number of ether oxygens (including phenoxy) is 4. The summed E-state index contributed by atoms with van der Waals surface area (Å²) in [6.07, 6.45) is 8.99. The summed E-state index contributed by atoms with van der Waals surface area (Å²) in [6.45, 7) is 3.50. The van der Waals surface area contributed by atoms with Gasteiger partial charge in [-0.25, -0.2) is 0 Å². The van der Waals surface area contributed by atoms with Gasteiger partial charge in [0.25, 0.3) is 0 Å². The molecule has 0 spiro atoms. The van der Waals surface area contributed by atoms with Crippen LogP contribution in [0.5, 0.6) is 23.0 Å². The molecule has 1 atom stereocenters. The molecule has 3 aromatic rings. The van der Waals surface area contributed by atoms with E-state index in [0.29, 0.717) is 39.7 Å². The Morgan fingerprint density at radius 2 is 1.18 bits per heavy atom. The number of aryl methyl sites for hydroxylation is 1. The van der Waals surface area contributed by atoms with Crippen LogP contribution in [0.25, 0.3) is 12.2 Å². The molecule has 8 nitrogen and oxygen atoms in total. The van der Waals surface area contributed by atoms with Crippen LogP contribution in [0.15, 0.2) is 72.8 Å². The highest BCUT2D eigenvalue weighted by Crippen LogP contribution is 2.31. The van der Waals surface area contributed by atoms with E-state index in [9.17, 15) is 14.4 Å². The molecule has 232 valence electrons. The summed E-state index contributed by atoms with van der Waals surface area (Å²) < 4.78 is 21.4. The molecular formula is C36H41NO7. The third-order valence-corrected chi connectivity index (χ3v) is 7.16. The fraction of sp³-hybridized carbons (Fsp3) is 0.306. The van der Waals surface area contributed by atoms with E-state index >= 15 is 0 Å². The largest absolute Gasteiger partial charge is 0.493 e. The summed E-state index contributed by atoms with van der Waals surface area (Å²) in [5.41, 5.74) is 3.16. The van der Waals surface area contributed by atoms with Gasteiger partial charge in [0.15, 0.2) is 34.6 Å². The molecular weight excluding hydrogens is 558 g/mol. The predicted molar refractivity (Wildman–Crippen MR) is 172 cm³/mol. The Morgan fingerprint density at radius 3 is 1.59 bits per heavy atom. The van der Waals surface area contributed by atoms with Gasteiger partial charge >= 0.3 is 0 Å². The summed E-state index contributed by atoms with van der Waals surface area (Å²) in [6, 6.07) is 17.3. The van der Waals surface area contributed by atoms with Gasteiger partial charge in [0, 0.05) is 6.92 Å². The zero-order valence-corrected chi connectivity index (χ0v) is 26.2. The van der Waals surface area contributed by atoms with E-state index < -0.39 is 23.5 Å². The highest BCUT2D eigenvalue weighted by molar-refractivity contribution is 6.14. The Balaban J connectivity index is 2.03. The summed E-state index contributed by atoms with van der Waals surface area (Å²) >= 11 is 0. The number of carbonyl (C=O) groups excluding carboxylic acids is 3. The lowest BCUT2D eigenvalue weighted by Gasteiger charge is -2.25. The first-order chi connectivity index (χ1) is 21.2. The molecule has 1 amide bonds. The van der Waals surface area contributed by atoms with E-state index in [1.54, 1.807) is 62.8 Å². The number of allylic oxidation sites excluding steroid dienone is 2. The van der Waals surface area contributed by atoms with E-state index in [1.165, 1.54) is 33.3 Å². The number of carbonyl (C=O) groups is 3. The van der Waals surface area contributed by atoms with Crippen molar-refractivity contribution >= 4 is 29.6 Å². The first kappa shape index (κ1) is 33.6. The van der Waals surface area contributed by atoms with Gasteiger partial charge in [-0.2, -0.15) is 0 Å². The van der Waals surface area contributed by atoms with Crippen LogP contribution < -0.4 is 24.3 Å². The molecule has 0 fully saturated rings. The maximum absolute atomic E-state index is 13.9. The Bertz CT molecular complexity index is 1410. The molecule has 8 heteroatoms. The zero-order valence-electron chi connectivity index (χ0n) is 26.2. The van der Waals surface area contributed by atoms with Crippen molar-refractivity contribution in [1.82, 2.24) is 5.32 Å². The predicted octanol–water partition coefficient (Wildman–Crippen LogP) is 6.42. The number of benzene rings is 3. The molecule has 1 N–H and O–H groups in total. The lowest BCUT2D eigenvalue weighted by atomic mass is 9.84. The molecule has 0 radical (unpaired) electrons. The fourth-order valence-corrected chi connectivity index (χ4v) is 4.80. The molecule has 0 bridgehead atoms. The number of hydrogen-bond donors (Lipinski definition) is 1. The van der Waals surface area contributed by atoms with Crippen molar-refractivity contribution in [2.45, 2.75) is 39.2 Å². The standard InChI is InChI=1S/C36H41NO7/c1-7-8-9-25-10-16-28(17-11-25)36(37-24(2)38)35(29(39)18-12-26-14-20-31(41-3)33(22-26)43-5)30(40)19-13-27-15-21-32(42-4)34(23-27)44-6/h10-23,35-36H,7-9H2,1-6H3,(H,37,38)/b18-12+,19-13+. The lowest BCUT2D eigenvalue weighted by molar-refractivity contribution is -0.129. The Morgan fingerprint density at radius 1 is 0.705 bits per heavy atom. The van der Waals surface area contributed by atoms with Crippen LogP contribution in [0.2, 0.25) is 0 Å². The fourth-order valence-electron chi connectivity index (χ4n) is 4.80. The molecule has 0 aliphatic carbocycles. The van der Waals surface area contributed by atoms with Gasteiger partial charge in [0.1, 0.15) is 5.92 Å². The molecule has 0 aliphatic heterocycles. The molecule has 0 saturated heterocycles. The molecule has 0 saturated carbocycles. The topological polar surface area (TPSA) is 100 Å². The van der Waals surface area contributed by atoms with E-state index in [2.05, 4.69) is 12.2 Å². The van der Waals surface area contributed by atoms with Crippen LogP contribution in [-0.4, -0.2) is 45.9 Å². The normalized spacial score (nSPS) is 11.9.